The van der Waals surface area contributed by atoms with Crippen molar-refractivity contribution in [3.8, 4) is 0 Å². The van der Waals surface area contributed by atoms with Crippen LogP contribution in [0.1, 0.15) is 12.0 Å². The topological polar surface area (TPSA) is 59.0 Å². The maximum Gasteiger partial charge on any atom is 0.235 e. The number of hydrogen-bond donors (Lipinski definition) is 1. The molecule has 0 saturated carbocycles. The first kappa shape index (κ1) is 16.4. The van der Waals surface area contributed by atoms with E-state index in [4.69, 9.17) is 9.47 Å². The fourth-order valence-corrected chi connectivity index (χ4v) is 3.70. The first-order chi connectivity index (χ1) is 11.1. The predicted octanol–water partition coefficient (Wildman–Crippen LogP) is 1.10. The number of aliphatic hydroxyl groups excluding tert-OH is 1. The molecule has 0 radical (unpaired) electrons. The van der Waals surface area contributed by atoms with Crippen LogP contribution in [0, 0.1) is 10.8 Å². The highest BCUT2D eigenvalue weighted by Gasteiger charge is 2.51. The van der Waals surface area contributed by atoms with Crippen LogP contribution in [0.2, 0.25) is 0 Å². The van der Waals surface area contributed by atoms with Gasteiger partial charge in [-0.25, -0.2) is 0 Å². The zero-order valence-electron chi connectivity index (χ0n) is 13.7. The fourth-order valence-electron chi connectivity index (χ4n) is 3.70. The van der Waals surface area contributed by atoms with Crippen LogP contribution in [0.15, 0.2) is 30.3 Å². The number of amides is 1. The van der Waals surface area contributed by atoms with E-state index in [0.29, 0.717) is 32.9 Å². The Morgan fingerprint density at radius 1 is 1.35 bits per heavy atom. The third-order valence-corrected chi connectivity index (χ3v) is 5.11. The lowest BCUT2D eigenvalue weighted by Crippen LogP contribution is -2.57. The number of carbonyl (C=O) groups is 1. The summed E-state index contributed by atoms with van der Waals surface area (Å²) in [5, 5.41) is 9.97. The second-order valence-corrected chi connectivity index (χ2v) is 7.00. The lowest BCUT2D eigenvalue weighted by Gasteiger charge is -2.42. The monoisotopic (exact) mass is 319 g/mol. The summed E-state index contributed by atoms with van der Waals surface area (Å²) >= 11 is 0. The van der Waals surface area contributed by atoms with Gasteiger partial charge in [0, 0.05) is 25.6 Å². The van der Waals surface area contributed by atoms with Crippen LogP contribution in [0.4, 0.5) is 0 Å². The van der Waals surface area contributed by atoms with Crippen molar-refractivity contribution < 1.29 is 19.4 Å². The van der Waals surface area contributed by atoms with Crippen molar-refractivity contribution in [1.82, 2.24) is 4.90 Å². The van der Waals surface area contributed by atoms with E-state index in [2.05, 4.69) is 12.1 Å². The number of likely N-dealkylation sites (tertiary alicyclic amines) is 1. The van der Waals surface area contributed by atoms with Gasteiger partial charge >= 0.3 is 0 Å². The summed E-state index contributed by atoms with van der Waals surface area (Å²) in [6.45, 7) is 2.65. The van der Waals surface area contributed by atoms with Gasteiger partial charge in [0.25, 0.3) is 0 Å². The molecule has 5 nitrogen and oxygen atoms in total. The van der Waals surface area contributed by atoms with E-state index in [0.717, 1.165) is 12.8 Å². The van der Waals surface area contributed by atoms with Gasteiger partial charge in [0.1, 0.15) is 5.41 Å². The van der Waals surface area contributed by atoms with Crippen LogP contribution in [0.25, 0.3) is 0 Å². The van der Waals surface area contributed by atoms with Crippen LogP contribution in [-0.4, -0.2) is 62.5 Å². The van der Waals surface area contributed by atoms with E-state index in [9.17, 15) is 9.90 Å². The van der Waals surface area contributed by atoms with Gasteiger partial charge in [-0.1, -0.05) is 30.3 Å². The average molecular weight is 319 g/mol. The molecule has 5 heteroatoms. The Morgan fingerprint density at radius 2 is 2.09 bits per heavy atom. The molecule has 0 aliphatic carbocycles. The molecule has 1 N–H and O–H groups in total. The molecular formula is C18H25NO4. The van der Waals surface area contributed by atoms with Crippen molar-refractivity contribution in [2.24, 2.45) is 10.8 Å². The van der Waals surface area contributed by atoms with Gasteiger partial charge in [0.05, 0.1) is 26.4 Å². The number of benzene rings is 1. The van der Waals surface area contributed by atoms with Gasteiger partial charge in [0.2, 0.25) is 5.91 Å². The van der Waals surface area contributed by atoms with Crippen LogP contribution in [0.5, 0.6) is 0 Å². The molecule has 0 spiro atoms. The lowest BCUT2D eigenvalue weighted by molar-refractivity contribution is -0.182. The molecule has 1 aromatic rings. The largest absolute Gasteiger partial charge is 0.396 e. The highest BCUT2D eigenvalue weighted by molar-refractivity contribution is 5.84. The molecule has 0 aromatic heterocycles. The summed E-state index contributed by atoms with van der Waals surface area (Å²) in [4.78, 5) is 14.8. The van der Waals surface area contributed by atoms with Gasteiger partial charge in [-0.2, -0.15) is 0 Å². The van der Waals surface area contributed by atoms with E-state index in [1.807, 2.05) is 23.1 Å². The molecule has 126 valence electrons. The van der Waals surface area contributed by atoms with E-state index >= 15 is 0 Å². The maximum atomic E-state index is 12.9. The first-order valence-electron chi connectivity index (χ1n) is 8.14. The Hall–Kier alpha value is -1.43. The highest BCUT2D eigenvalue weighted by Crippen LogP contribution is 2.38. The van der Waals surface area contributed by atoms with Gasteiger partial charge < -0.3 is 19.5 Å². The number of methoxy groups -OCH3 is 1. The molecule has 2 fully saturated rings. The number of hydrogen-bond acceptors (Lipinski definition) is 4. The second kappa shape index (κ2) is 6.59. The van der Waals surface area contributed by atoms with Crippen LogP contribution in [0.3, 0.4) is 0 Å². The quantitative estimate of drug-likeness (QED) is 0.853. The molecule has 1 unspecified atom stereocenters. The van der Waals surface area contributed by atoms with E-state index in [1.54, 1.807) is 7.11 Å². The number of rotatable bonds is 6. The Balaban J connectivity index is 1.69. The first-order valence-corrected chi connectivity index (χ1v) is 8.14. The molecule has 1 aromatic carbocycles. The summed E-state index contributed by atoms with van der Waals surface area (Å²) in [7, 11) is 1.62. The van der Waals surface area contributed by atoms with Gasteiger partial charge in [-0.3, -0.25) is 4.79 Å². The number of nitrogens with zero attached hydrogens (tertiary/aromatic N) is 1. The Morgan fingerprint density at radius 3 is 2.65 bits per heavy atom. The molecule has 2 aliphatic heterocycles. The number of aliphatic hydroxyl groups is 1. The summed E-state index contributed by atoms with van der Waals surface area (Å²) < 4.78 is 10.5. The smallest absolute Gasteiger partial charge is 0.235 e. The Labute approximate surface area is 137 Å². The van der Waals surface area contributed by atoms with Crippen LogP contribution < -0.4 is 0 Å². The van der Waals surface area contributed by atoms with Crippen molar-refractivity contribution in [3.05, 3.63) is 35.9 Å². The number of ether oxygens (including phenoxy) is 2. The molecule has 0 bridgehead atoms. The molecular weight excluding hydrogens is 294 g/mol. The molecule has 1 amide bonds. The molecule has 2 heterocycles. The van der Waals surface area contributed by atoms with Crippen molar-refractivity contribution in [2.45, 2.75) is 12.8 Å². The number of carbonyl (C=O) groups excluding carboxylic acids is 1. The molecule has 3 rings (SSSR count). The van der Waals surface area contributed by atoms with Crippen molar-refractivity contribution >= 4 is 5.91 Å². The predicted molar refractivity (Wildman–Crippen MR) is 86.0 cm³/mol. The van der Waals surface area contributed by atoms with Crippen LogP contribution in [-0.2, 0) is 20.7 Å². The highest BCUT2D eigenvalue weighted by atomic mass is 16.5. The third kappa shape index (κ3) is 3.13. The Bertz CT molecular complexity index is 543. The Kier molecular flexibility index (Phi) is 4.71. The minimum Gasteiger partial charge on any atom is -0.396 e. The zero-order valence-corrected chi connectivity index (χ0v) is 13.7. The van der Waals surface area contributed by atoms with Gasteiger partial charge in [-0.15, -0.1) is 0 Å². The summed E-state index contributed by atoms with van der Waals surface area (Å²) in [6.07, 6.45) is 1.62. The third-order valence-electron chi connectivity index (χ3n) is 5.11. The SMILES string of the molecule is COCC1(C(=O)N2CCC(CO)(Cc3ccccc3)C2)COC1. The van der Waals surface area contributed by atoms with Crippen molar-refractivity contribution in [2.75, 3.05) is 46.6 Å². The van der Waals surface area contributed by atoms with Crippen LogP contribution >= 0.6 is 0 Å². The minimum atomic E-state index is -0.521. The minimum absolute atomic E-state index is 0.0967. The summed E-state index contributed by atoms with van der Waals surface area (Å²) in [5.41, 5.74) is 0.442. The van der Waals surface area contributed by atoms with Gasteiger partial charge in [-0.05, 0) is 18.4 Å². The van der Waals surface area contributed by atoms with E-state index in [1.165, 1.54) is 5.56 Å². The summed E-state index contributed by atoms with van der Waals surface area (Å²) in [6, 6.07) is 10.2. The lowest BCUT2D eigenvalue weighted by atomic mass is 9.81. The fraction of sp³-hybridized carbons (Fsp3) is 0.611. The molecule has 1 atom stereocenters. The van der Waals surface area contributed by atoms with Crippen molar-refractivity contribution in [3.63, 3.8) is 0 Å². The second-order valence-electron chi connectivity index (χ2n) is 7.00. The average Bonchev–Trinajstić information content (AvgIpc) is 2.96. The van der Waals surface area contributed by atoms with E-state index < -0.39 is 5.41 Å². The zero-order chi connectivity index (χ0) is 16.3. The maximum absolute atomic E-state index is 12.9. The molecule has 2 saturated heterocycles. The molecule has 2 aliphatic rings. The molecule has 23 heavy (non-hydrogen) atoms. The standard InChI is InChI=1S/C18H25NO4/c1-22-12-18(13-23-14-18)16(21)19-8-7-17(10-19,11-20)9-15-5-3-2-4-6-15/h2-6,20H,7-14H2,1H3. The normalized spacial score (nSPS) is 26.1. The van der Waals surface area contributed by atoms with Crippen molar-refractivity contribution in [1.29, 1.82) is 0 Å². The van der Waals surface area contributed by atoms with E-state index in [-0.39, 0.29) is 17.9 Å². The summed E-state index contributed by atoms with van der Waals surface area (Å²) in [5.74, 6) is 0.106. The van der Waals surface area contributed by atoms with Gasteiger partial charge in [0.15, 0.2) is 0 Å².